The van der Waals surface area contributed by atoms with E-state index in [1.807, 2.05) is 4.90 Å². The van der Waals surface area contributed by atoms with Crippen molar-refractivity contribution in [1.29, 1.82) is 0 Å². The third-order valence-electron chi connectivity index (χ3n) is 5.22. The van der Waals surface area contributed by atoms with Gasteiger partial charge in [0, 0.05) is 38.6 Å². The summed E-state index contributed by atoms with van der Waals surface area (Å²) in [5.74, 6) is -0.503. The molecule has 0 radical (unpaired) electrons. The summed E-state index contributed by atoms with van der Waals surface area (Å²) in [6, 6.07) is 4.43. The summed E-state index contributed by atoms with van der Waals surface area (Å²) in [6.45, 7) is 6.78. The molecule has 1 aliphatic rings. The molecule has 1 atom stereocenters. The van der Waals surface area contributed by atoms with Crippen LogP contribution in [0.3, 0.4) is 0 Å². The number of sulfonamides is 1. The van der Waals surface area contributed by atoms with Crippen LogP contribution in [0.25, 0.3) is 0 Å². The second kappa shape index (κ2) is 8.98. The van der Waals surface area contributed by atoms with E-state index in [2.05, 4.69) is 9.97 Å². The van der Waals surface area contributed by atoms with Gasteiger partial charge in [-0.05, 0) is 50.1 Å². The van der Waals surface area contributed by atoms with Crippen molar-refractivity contribution in [2.24, 2.45) is 5.14 Å². The van der Waals surface area contributed by atoms with Gasteiger partial charge < -0.3 is 14.5 Å². The molecule has 1 aromatic heterocycles. The minimum Gasteiger partial charge on any atom is -0.449 e. The standard InChI is InChI=1S/C20H25N5O5S/c1-13-11-16(12-17(14(13)2)31(21,28)29)19(27)30-15(3)18(26)24-7-9-25(10-8-24)20-22-5-4-6-23-20/h4-6,11-12,15H,7-10H2,1-3H3,(H2,21,28,29). The number of carbonyl (C=O) groups excluding carboxylic acids is 2. The Morgan fingerprint density at radius 1 is 1.10 bits per heavy atom. The molecular weight excluding hydrogens is 422 g/mol. The first-order valence-corrected chi connectivity index (χ1v) is 11.3. The van der Waals surface area contributed by atoms with Crippen LogP contribution < -0.4 is 10.0 Å². The van der Waals surface area contributed by atoms with Crippen LogP contribution in [0.2, 0.25) is 0 Å². The van der Waals surface area contributed by atoms with E-state index in [1.165, 1.54) is 19.1 Å². The summed E-state index contributed by atoms with van der Waals surface area (Å²) in [6.07, 6.45) is 2.30. The first kappa shape index (κ1) is 22.6. The van der Waals surface area contributed by atoms with Gasteiger partial charge in [0.25, 0.3) is 5.91 Å². The molecule has 1 amide bonds. The van der Waals surface area contributed by atoms with Gasteiger partial charge in [-0.1, -0.05) is 0 Å². The minimum absolute atomic E-state index is 0.0258. The fourth-order valence-corrected chi connectivity index (χ4v) is 4.24. The van der Waals surface area contributed by atoms with Crippen molar-refractivity contribution in [2.45, 2.75) is 31.8 Å². The van der Waals surface area contributed by atoms with E-state index in [4.69, 9.17) is 9.88 Å². The molecule has 1 unspecified atom stereocenters. The smallest absolute Gasteiger partial charge is 0.338 e. The number of nitrogens with zero attached hydrogens (tertiary/aromatic N) is 4. The highest BCUT2D eigenvalue weighted by Gasteiger charge is 2.28. The number of ether oxygens (including phenoxy) is 1. The number of rotatable bonds is 5. The lowest BCUT2D eigenvalue weighted by Crippen LogP contribution is -2.52. The summed E-state index contributed by atoms with van der Waals surface area (Å²) in [5.41, 5.74) is 1.07. The van der Waals surface area contributed by atoms with E-state index >= 15 is 0 Å². The highest BCUT2D eigenvalue weighted by Crippen LogP contribution is 2.21. The number of primary sulfonamides is 1. The maximum Gasteiger partial charge on any atom is 0.338 e. The molecule has 11 heteroatoms. The van der Waals surface area contributed by atoms with Crippen LogP contribution >= 0.6 is 0 Å². The molecule has 2 aromatic rings. The van der Waals surface area contributed by atoms with Crippen molar-refractivity contribution in [3.63, 3.8) is 0 Å². The average Bonchev–Trinajstić information content (AvgIpc) is 2.74. The summed E-state index contributed by atoms with van der Waals surface area (Å²) < 4.78 is 28.9. The lowest BCUT2D eigenvalue weighted by molar-refractivity contribution is -0.140. The molecule has 0 spiro atoms. The maximum atomic E-state index is 12.7. The molecule has 0 aliphatic carbocycles. The number of piperazine rings is 1. The quantitative estimate of drug-likeness (QED) is 0.660. The van der Waals surface area contributed by atoms with Crippen LogP contribution in [0.15, 0.2) is 35.5 Å². The molecule has 10 nitrogen and oxygen atoms in total. The van der Waals surface area contributed by atoms with Crippen molar-refractivity contribution in [3.8, 4) is 0 Å². The average molecular weight is 448 g/mol. The van der Waals surface area contributed by atoms with Crippen LogP contribution in [0, 0.1) is 13.8 Å². The third kappa shape index (κ3) is 5.17. The molecule has 0 bridgehead atoms. The van der Waals surface area contributed by atoms with E-state index in [0.29, 0.717) is 43.3 Å². The highest BCUT2D eigenvalue weighted by atomic mass is 32.2. The topological polar surface area (TPSA) is 136 Å². The summed E-state index contributed by atoms with van der Waals surface area (Å²) in [7, 11) is -4.00. The Labute approximate surface area is 181 Å². The van der Waals surface area contributed by atoms with Gasteiger partial charge in [-0.25, -0.2) is 28.3 Å². The largest absolute Gasteiger partial charge is 0.449 e. The zero-order valence-electron chi connectivity index (χ0n) is 17.6. The Morgan fingerprint density at radius 2 is 1.71 bits per heavy atom. The predicted molar refractivity (Wildman–Crippen MR) is 113 cm³/mol. The molecule has 0 saturated carbocycles. The zero-order chi connectivity index (χ0) is 22.8. The zero-order valence-corrected chi connectivity index (χ0v) is 18.4. The Hall–Kier alpha value is -3.05. The summed E-state index contributed by atoms with van der Waals surface area (Å²) >= 11 is 0. The second-order valence-electron chi connectivity index (χ2n) is 7.37. The predicted octanol–water partition coefficient (Wildman–Crippen LogP) is 0.635. The van der Waals surface area contributed by atoms with Crippen LogP contribution in [-0.4, -0.2) is 67.4 Å². The lowest BCUT2D eigenvalue weighted by atomic mass is 10.1. The van der Waals surface area contributed by atoms with Gasteiger partial charge in [-0.2, -0.15) is 0 Å². The number of amides is 1. The van der Waals surface area contributed by atoms with Gasteiger partial charge in [0.1, 0.15) is 0 Å². The fourth-order valence-electron chi connectivity index (χ4n) is 3.36. The fraction of sp³-hybridized carbons (Fsp3) is 0.400. The van der Waals surface area contributed by atoms with E-state index in [9.17, 15) is 18.0 Å². The lowest BCUT2D eigenvalue weighted by Gasteiger charge is -2.35. The molecule has 1 fully saturated rings. The van der Waals surface area contributed by atoms with E-state index < -0.39 is 22.1 Å². The highest BCUT2D eigenvalue weighted by molar-refractivity contribution is 7.89. The van der Waals surface area contributed by atoms with Gasteiger partial charge in [-0.3, -0.25) is 4.79 Å². The molecule has 31 heavy (non-hydrogen) atoms. The third-order valence-corrected chi connectivity index (χ3v) is 6.26. The first-order chi connectivity index (χ1) is 14.6. The number of anilines is 1. The van der Waals surface area contributed by atoms with E-state index in [1.54, 1.807) is 37.2 Å². The second-order valence-corrected chi connectivity index (χ2v) is 8.90. The van der Waals surface area contributed by atoms with Crippen molar-refractivity contribution >= 4 is 27.8 Å². The molecule has 3 rings (SSSR count). The number of esters is 1. The van der Waals surface area contributed by atoms with Gasteiger partial charge in [0.05, 0.1) is 10.5 Å². The van der Waals surface area contributed by atoms with Crippen molar-refractivity contribution in [1.82, 2.24) is 14.9 Å². The number of carbonyl (C=O) groups is 2. The van der Waals surface area contributed by atoms with Crippen LogP contribution in [0.4, 0.5) is 5.95 Å². The summed E-state index contributed by atoms with van der Waals surface area (Å²) in [4.78, 5) is 37.2. The Morgan fingerprint density at radius 3 is 2.29 bits per heavy atom. The number of hydrogen-bond donors (Lipinski definition) is 1. The van der Waals surface area contributed by atoms with Crippen molar-refractivity contribution < 1.29 is 22.7 Å². The normalized spacial score (nSPS) is 15.5. The molecule has 1 aliphatic heterocycles. The molecule has 1 aromatic carbocycles. The Bertz CT molecular complexity index is 1080. The number of benzene rings is 1. The number of aryl methyl sites for hydroxylation is 1. The number of nitrogens with two attached hydrogens (primary N) is 1. The van der Waals surface area contributed by atoms with Gasteiger partial charge in [0.15, 0.2) is 6.10 Å². The maximum absolute atomic E-state index is 12.7. The number of aromatic nitrogens is 2. The molecule has 1 saturated heterocycles. The molecular formula is C20H25N5O5S. The van der Waals surface area contributed by atoms with E-state index in [-0.39, 0.29) is 16.4 Å². The Balaban J connectivity index is 1.64. The van der Waals surface area contributed by atoms with Crippen molar-refractivity contribution in [2.75, 3.05) is 31.1 Å². The molecule has 2 heterocycles. The van der Waals surface area contributed by atoms with Gasteiger partial charge >= 0.3 is 5.97 Å². The minimum atomic E-state index is -4.00. The van der Waals surface area contributed by atoms with Crippen LogP contribution in [0.5, 0.6) is 0 Å². The van der Waals surface area contributed by atoms with Gasteiger partial charge in [-0.15, -0.1) is 0 Å². The van der Waals surface area contributed by atoms with Gasteiger partial charge in [0.2, 0.25) is 16.0 Å². The summed E-state index contributed by atoms with van der Waals surface area (Å²) in [5, 5.41) is 5.24. The van der Waals surface area contributed by atoms with E-state index in [0.717, 1.165) is 0 Å². The monoisotopic (exact) mass is 447 g/mol. The van der Waals surface area contributed by atoms with Crippen LogP contribution in [-0.2, 0) is 19.6 Å². The molecule has 2 N–H and O–H groups in total. The number of hydrogen-bond acceptors (Lipinski definition) is 8. The SMILES string of the molecule is Cc1cc(C(=O)OC(C)C(=O)N2CCN(c3ncccn3)CC2)cc(S(N)(=O)=O)c1C. The molecule has 166 valence electrons. The Kier molecular flexibility index (Phi) is 6.56. The van der Waals surface area contributed by atoms with Crippen molar-refractivity contribution in [3.05, 3.63) is 47.3 Å². The first-order valence-electron chi connectivity index (χ1n) is 9.73. The van der Waals surface area contributed by atoms with Crippen LogP contribution in [0.1, 0.15) is 28.4 Å².